The van der Waals surface area contributed by atoms with Crippen LogP contribution in [-0.2, 0) is 11.3 Å². The predicted octanol–water partition coefficient (Wildman–Crippen LogP) is 3.01. The highest BCUT2D eigenvalue weighted by atomic mass is 35.5. The van der Waals surface area contributed by atoms with E-state index in [1.807, 2.05) is 11.8 Å². The zero-order valence-corrected chi connectivity index (χ0v) is 13.2. The molecule has 1 aliphatic rings. The Balaban J connectivity index is 1.98. The zero-order chi connectivity index (χ0) is 15.0. The Morgan fingerprint density at radius 2 is 2.14 bits per heavy atom. The molecule has 5 nitrogen and oxygen atoms in total. The zero-order valence-electron chi connectivity index (χ0n) is 11.7. The molecule has 0 N–H and O–H groups in total. The van der Waals surface area contributed by atoms with Crippen molar-refractivity contribution in [2.24, 2.45) is 0 Å². The van der Waals surface area contributed by atoms with Crippen LogP contribution in [0.2, 0.25) is 5.02 Å². The number of hydrogen-bond donors (Lipinski definition) is 0. The summed E-state index contributed by atoms with van der Waals surface area (Å²) in [5.74, 6) is 0.732. The number of halogens is 2. The van der Waals surface area contributed by atoms with Crippen molar-refractivity contribution in [2.45, 2.75) is 31.7 Å². The summed E-state index contributed by atoms with van der Waals surface area (Å²) in [6.07, 6.45) is 3.71. The van der Waals surface area contributed by atoms with Crippen LogP contribution in [-0.4, -0.2) is 38.4 Å². The highest BCUT2D eigenvalue weighted by molar-refractivity contribution is 6.31. The first kappa shape index (κ1) is 14.6. The van der Waals surface area contributed by atoms with Crippen LogP contribution in [0.4, 0.5) is 0 Å². The van der Waals surface area contributed by atoms with Crippen LogP contribution in [0.25, 0.3) is 11.2 Å². The summed E-state index contributed by atoms with van der Waals surface area (Å²) in [5, 5.41) is 0.219. The minimum atomic E-state index is -0.302. The molecule has 2 aromatic heterocycles. The van der Waals surface area contributed by atoms with Gasteiger partial charge in [-0.2, -0.15) is 0 Å². The first-order valence-electron chi connectivity index (χ1n) is 7.00. The fraction of sp³-hybridized carbons (Fsp3) is 0.500. The molecule has 3 rings (SSSR count). The molecule has 1 aliphatic heterocycles. The van der Waals surface area contributed by atoms with E-state index in [2.05, 4.69) is 9.97 Å². The quantitative estimate of drug-likeness (QED) is 0.815. The van der Waals surface area contributed by atoms with E-state index in [-0.39, 0.29) is 17.8 Å². The Morgan fingerprint density at radius 3 is 2.81 bits per heavy atom. The highest BCUT2D eigenvalue weighted by Crippen LogP contribution is 2.25. The van der Waals surface area contributed by atoms with Crippen molar-refractivity contribution >= 4 is 40.3 Å². The molecular weight excluding hydrogens is 311 g/mol. The van der Waals surface area contributed by atoms with E-state index < -0.39 is 0 Å². The second-order valence-corrected chi connectivity index (χ2v) is 6.35. The fourth-order valence-corrected chi connectivity index (χ4v) is 2.98. The summed E-state index contributed by atoms with van der Waals surface area (Å²) < 4.78 is 1.80. The lowest BCUT2D eigenvalue weighted by atomic mass is 10.4. The van der Waals surface area contributed by atoms with E-state index in [1.54, 1.807) is 16.8 Å². The Morgan fingerprint density at radius 1 is 1.43 bits per heavy atom. The molecule has 2 aromatic rings. The van der Waals surface area contributed by atoms with E-state index in [0.717, 1.165) is 25.9 Å². The van der Waals surface area contributed by atoms with Crippen LogP contribution in [0.3, 0.4) is 0 Å². The normalized spacial score (nSPS) is 16.6. The molecule has 1 saturated heterocycles. The molecule has 112 valence electrons. The van der Waals surface area contributed by atoms with Crippen LogP contribution in [0.15, 0.2) is 12.3 Å². The number of carbonyl (C=O) groups is 1. The summed E-state index contributed by atoms with van der Waals surface area (Å²) in [7, 11) is 0. The smallest absolute Gasteiger partial charge is 0.242 e. The summed E-state index contributed by atoms with van der Waals surface area (Å²) >= 11 is 12.1. The van der Waals surface area contributed by atoms with Gasteiger partial charge >= 0.3 is 0 Å². The molecule has 1 amide bonds. The standard InChI is InChI=1S/C14H16Cl2N4O/c1-9(15)13-18-11-6-10(16)7-17-14(11)20(13)8-12(21)19-4-2-3-5-19/h6-7,9H,2-5,8H2,1H3. The van der Waals surface area contributed by atoms with Crippen molar-refractivity contribution < 1.29 is 4.79 Å². The van der Waals surface area contributed by atoms with Crippen LogP contribution in [0.1, 0.15) is 31.0 Å². The van der Waals surface area contributed by atoms with Gasteiger partial charge in [-0.1, -0.05) is 11.6 Å². The fourth-order valence-electron chi connectivity index (χ4n) is 2.67. The molecule has 3 heterocycles. The molecule has 0 aliphatic carbocycles. The monoisotopic (exact) mass is 326 g/mol. The van der Waals surface area contributed by atoms with Gasteiger partial charge in [-0.25, -0.2) is 9.97 Å². The number of imidazole rings is 1. The van der Waals surface area contributed by atoms with Crippen molar-refractivity contribution in [1.82, 2.24) is 19.4 Å². The topological polar surface area (TPSA) is 51.0 Å². The Bertz CT molecular complexity index is 677. The molecule has 7 heteroatoms. The van der Waals surface area contributed by atoms with Crippen molar-refractivity contribution in [2.75, 3.05) is 13.1 Å². The van der Waals surface area contributed by atoms with Crippen molar-refractivity contribution in [3.05, 3.63) is 23.1 Å². The summed E-state index contributed by atoms with van der Waals surface area (Å²) in [5.41, 5.74) is 1.31. The predicted molar refractivity (Wildman–Crippen MR) is 82.6 cm³/mol. The third-order valence-electron chi connectivity index (χ3n) is 3.69. The second kappa shape index (κ2) is 5.81. The number of carbonyl (C=O) groups excluding carboxylic acids is 1. The Hall–Kier alpha value is -1.33. The van der Waals surface area contributed by atoms with Crippen LogP contribution in [0, 0.1) is 0 Å². The number of pyridine rings is 1. The van der Waals surface area contributed by atoms with Crippen molar-refractivity contribution in [3.63, 3.8) is 0 Å². The number of aromatic nitrogens is 3. The Labute approximate surface area is 132 Å². The van der Waals surface area contributed by atoms with Crippen LogP contribution < -0.4 is 0 Å². The average Bonchev–Trinajstić information content (AvgIpc) is 3.06. The number of hydrogen-bond acceptors (Lipinski definition) is 3. The number of amides is 1. The third-order valence-corrected chi connectivity index (χ3v) is 4.09. The number of fused-ring (bicyclic) bond motifs is 1. The van der Waals surface area contributed by atoms with Crippen molar-refractivity contribution in [1.29, 1.82) is 0 Å². The summed E-state index contributed by atoms with van der Waals surface area (Å²) in [4.78, 5) is 23.0. The third kappa shape index (κ3) is 2.85. The van der Waals surface area contributed by atoms with Gasteiger partial charge < -0.3 is 9.47 Å². The molecule has 0 spiro atoms. The second-order valence-electron chi connectivity index (χ2n) is 5.26. The van der Waals surface area contributed by atoms with Crippen molar-refractivity contribution in [3.8, 4) is 0 Å². The minimum absolute atomic E-state index is 0.0853. The number of rotatable bonds is 3. The van der Waals surface area contributed by atoms with Gasteiger partial charge in [0, 0.05) is 19.3 Å². The molecule has 21 heavy (non-hydrogen) atoms. The largest absolute Gasteiger partial charge is 0.341 e. The number of alkyl halides is 1. The molecular formula is C14H16Cl2N4O. The number of nitrogens with zero attached hydrogens (tertiary/aromatic N) is 4. The van der Waals surface area contributed by atoms with E-state index in [1.165, 1.54) is 0 Å². The van der Waals surface area contributed by atoms with Gasteiger partial charge in [0.25, 0.3) is 0 Å². The average molecular weight is 327 g/mol. The number of likely N-dealkylation sites (tertiary alicyclic amines) is 1. The summed E-state index contributed by atoms with van der Waals surface area (Å²) in [6, 6.07) is 1.74. The van der Waals surface area contributed by atoms with Gasteiger partial charge in [0.1, 0.15) is 17.9 Å². The van der Waals surface area contributed by atoms with Gasteiger partial charge in [0.2, 0.25) is 5.91 Å². The maximum absolute atomic E-state index is 12.4. The molecule has 1 unspecified atom stereocenters. The maximum Gasteiger partial charge on any atom is 0.242 e. The molecule has 1 atom stereocenters. The highest BCUT2D eigenvalue weighted by Gasteiger charge is 2.22. The van der Waals surface area contributed by atoms with Crippen LogP contribution in [0.5, 0.6) is 0 Å². The van der Waals surface area contributed by atoms with E-state index in [0.29, 0.717) is 22.0 Å². The van der Waals surface area contributed by atoms with E-state index in [9.17, 15) is 4.79 Å². The Kier molecular flexibility index (Phi) is 4.04. The molecule has 0 bridgehead atoms. The first-order valence-corrected chi connectivity index (χ1v) is 7.81. The SMILES string of the molecule is CC(Cl)c1nc2cc(Cl)cnc2n1CC(=O)N1CCCC1. The van der Waals surface area contributed by atoms with Gasteiger partial charge in [-0.05, 0) is 25.8 Å². The van der Waals surface area contributed by atoms with Gasteiger partial charge in [0.05, 0.1) is 10.4 Å². The molecule has 1 fully saturated rings. The van der Waals surface area contributed by atoms with Gasteiger partial charge in [-0.15, -0.1) is 11.6 Å². The molecule has 0 aromatic carbocycles. The lowest BCUT2D eigenvalue weighted by Gasteiger charge is -2.17. The first-order chi connectivity index (χ1) is 10.1. The lowest BCUT2D eigenvalue weighted by molar-refractivity contribution is -0.130. The lowest BCUT2D eigenvalue weighted by Crippen LogP contribution is -2.31. The van der Waals surface area contributed by atoms with E-state index in [4.69, 9.17) is 23.2 Å². The van der Waals surface area contributed by atoms with Gasteiger partial charge in [0.15, 0.2) is 5.65 Å². The van der Waals surface area contributed by atoms with E-state index >= 15 is 0 Å². The molecule has 0 radical (unpaired) electrons. The maximum atomic E-state index is 12.4. The molecule has 0 saturated carbocycles. The summed E-state index contributed by atoms with van der Waals surface area (Å²) in [6.45, 7) is 3.71. The van der Waals surface area contributed by atoms with Gasteiger partial charge in [-0.3, -0.25) is 4.79 Å². The minimum Gasteiger partial charge on any atom is -0.341 e. The van der Waals surface area contributed by atoms with Crippen LogP contribution >= 0.6 is 23.2 Å².